The maximum absolute atomic E-state index is 12.3. The fraction of sp³-hybridized carbons (Fsp3) is 0.235. The SMILES string of the molecule is CCCOc1cccc(C(=O)Nc2ccc3c(c2)OCO3)c1. The molecule has 0 unspecified atom stereocenters. The highest BCUT2D eigenvalue weighted by Crippen LogP contribution is 2.34. The molecular formula is C17H17NO4. The van der Waals surface area contributed by atoms with Crippen LogP contribution in [0.25, 0.3) is 0 Å². The molecule has 0 atom stereocenters. The highest BCUT2D eigenvalue weighted by Gasteiger charge is 2.14. The van der Waals surface area contributed by atoms with Crippen molar-refractivity contribution in [2.75, 3.05) is 18.7 Å². The molecule has 114 valence electrons. The summed E-state index contributed by atoms with van der Waals surface area (Å²) in [5, 5.41) is 2.84. The largest absolute Gasteiger partial charge is 0.494 e. The van der Waals surface area contributed by atoms with Gasteiger partial charge in [-0.1, -0.05) is 13.0 Å². The summed E-state index contributed by atoms with van der Waals surface area (Å²) in [5.41, 5.74) is 1.21. The Morgan fingerprint density at radius 2 is 2.05 bits per heavy atom. The van der Waals surface area contributed by atoms with Gasteiger partial charge in [0.15, 0.2) is 11.5 Å². The molecule has 3 rings (SSSR count). The van der Waals surface area contributed by atoms with Gasteiger partial charge < -0.3 is 19.5 Å². The van der Waals surface area contributed by atoms with Gasteiger partial charge in [0.05, 0.1) is 6.61 Å². The maximum Gasteiger partial charge on any atom is 0.255 e. The monoisotopic (exact) mass is 299 g/mol. The van der Waals surface area contributed by atoms with Gasteiger partial charge in [-0.15, -0.1) is 0 Å². The van der Waals surface area contributed by atoms with Crippen LogP contribution in [0.1, 0.15) is 23.7 Å². The lowest BCUT2D eigenvalue weighted by atomic mass is 10.2. The van der Waals surface area contributed by atoms with E-state index in [1.165, 1.54) is 0 Å². The minimum absolute atomic E-state index is 0.194. The number of amides is 1. The number of carbonyl (C=O) groups is 1. The molecule has 0 fully saturated rings. The normalized spacial score (nSPS) is 12.0. The molecule has 2 aromatic carbocycles. The highest BCUT2D eigenvalue weighted by molar-refractivity contribution is 6.04. The van der Waals surface area contributed by atoms with Gasteiger partial charge in [-0.3, -0.25) is 4.79 Å². The number of ether oxygens (including phenoxy) is 3. The van der Waals surface area contributed by atoms with Gasteiger partial charge in [-0.2, -0.15) is 0 Å². The lowest BCUT2D eigenvalue weighted by Crippen LogP contribution is -2.12. The first-order valence-corrected chi connectivity index (χ1v) is 7.20. The lowest BCUT2D eigenvalue weighted by molar-refractivity contribution is 0.102. The predicted molar refractivity (Wildman–Crippen MR) is 82.7 cm³/mol. The minimum atomic E-state index is -0.194. The third-order valence-corrected chi connectivity index (χ3v) is 3.20. The molecule has 1 aliphatic rings. The Morgan fingerprint density at radius 1 is 1.18 bits per heavy atom. The van der Waals surface area contributed by atoms with Gasteiger partial charge in [0, 0.05) is 17.3 Å². The third-order valence-electron chi connectivity index (χ3n) is 3.20. The number of rotatable bonds is 5. The van der Waals surface area contributed by atoms with Gasteiger partial charge in [0.2, 0.25) is 6.79 Å². The average molecular weight is 299 g/mol. The first-order chi connectivity index (χ1) is 10.8. The van der Waals surface area contributed by atoms with Crippen molar-refractivity contribution in [3.63, 3.8) is 0 Å². The van der Waals surface area contributed by atoms with Crippen molar-refractivity contribution in [2.45, 2.75) is 13.3 Å². The number of hydrogen-bond acceptors (Lipinski definition) is 4. The fourth-order valence-electron chi connectivity index (χ4n) is 2.12. The van der Waals surface area contributed by atoms with Crippen LogP contribution in [0.15, 0.2) is 42.5 Å². The lowest BCUT2D eigenvalue weighted by Gasteiger charge is -2.08. The second-order valence-corrected chi connectivity index (χ2v) is 4.90. The molecule has 5 heteroatoms. The van der Waals surface area contributed by atoms with E-state index >= 15 is 0 Å². The van der Waals surface area contributed by atoms with Crippen molar-refractivity contribution >= 4 is 11.6 Å². The van der Waals surface area contributed by atoms with E-state index in [2.05, 4.69) is 5.32 Å². The number of fused-ring (bicyclic) bond motifs is 1. The standard InChI is InChI=1S/C17H17NO4/c1-2-8-20-14-5-3-4-12(9-14)17(19)18-13-6-7-15-16(10-13)22-11-21-15/h3-7,9-10H,2,8,11H2,1H3,(H,18,19). The number of benzene rings is 2. The van der Waals surface area contributed by atoms with Crippen LogP contribution in [-0.2, 0) is 0 Å². The van der Waals surface area contributed by atoms with Crippen LogP contribution >= 0.6 is 0 Å². The van der Waals surface area contributed by atoms with Crippen molar-refractivity contribution < 1.29 is 19.0 Å². The molecule has 0 aliphatic carbocycles. The molecule has 1 heterocycles. The van der Waals surface area contributed by atoms with E-state index < -0.39 is 0 Å². The van der Waals surface area contributed by atoms with E-state index in [0.717, 1.165) is 6.42 Å². The second kappa shape index (κ2) is 6.39. The van der Waals surface area contributed by atoms with Gasteiger partial charge in [-0.05, 0) is 36.8 Å². The molecule has 0 radical (unpaired) electrons. The van der Waals surface area contributed by atoms with Crippen LogP contribution in [0.2, 0.25) is 0 Å². The summed E-state index contributed by atoms with van der Waals surface area (Å²) in [6, 6.07) is 12.4. The van der Waals surface area contributed by atoms with Crippen LogP contribution in [0.4, 0.5) is 5.69 Å². The molecule has 0 saturated heterocycles. The van der Waals surface area contributed by atoms with E-state index in [1.807, 2.05) is 13.0 Å². The summed E-state index contributed by atoms with van der Waals surface area (Å²) >= 11 is 0. The second-order valence-electron chi connectivity index (χ2n) is 4.90. The first-order valence-electron chi connectivity index (χ1n) is 7.20. The third kappa shape index (κ3) is 3.14. The zero-order valence-electron chi connectivity index (χ0n) is 12.3. The Bertz CT molecular complexity index is 684. The number of anilines is 1. The molecular weight excluding hydrogens is 282 g/mol. The van der Waals surface area contributed by atoms with Crippen LogP contribution in [0, 0.1) is 0 Å². The smallest absolute Gasteiger partial charge is 0.255 e. The molecule has 5 nitrogen and oxygen atoms in total. The topological polar surface area (TPSA) is 56.8 Å². The number of hydrogen-bond donors (Lipinski definition) is 1. The van der Waals surface area contributed by atoms with Gasteiger partial charge in [-0.25, -0.2) is 0 Å². The molecule has 1 aliphatic heterocycles. The molecule has 0 aromatic heterocycles. The van der Waals surface area contributed by atoms with Crippen molar-refractivity contribution in [3.05, 3.63) is 48.0 Å². The summed E-state index contributed by atoms with van der Waals surface area (Å²) in [4.78, 5) is 12.3. The van der Waals surface area contributed by atoms with Crippen LogP contribution in [0.5, 0.6) is 17.2 Å². The fourth-order valence-corrected chi connectivity index (χ4v) is 2.12. The Labute approximate surface area is 128 Å². The average Bonchev–Trinajstić information content (AvgIpc) is 3.01. The van der Waals surface area contributed by atoms with Crippen LogP contribution in [-0.4, -0.2) is 19.3 Å². The molecule has 0 saturated carbocycles. The summed E-state index contributed by atoms with van der Waals surface area (Å²) in [5.74, 6) is 1.83. The van der Waals surface area contributed by atoms with E-state index in [-0.39, 0.29) is 12.7 Å². The van der Waals surface area contributed by atoms with Crippen molar-refractivity contribution in [1.29, 1.82) is 0 Å². The maximum atomic E-state index is 12.3. The summed E-state index contributed by atoms with van der Waals surface area (Å²) < 4.78 is 16.1. The highest BCUT2D eigenvalue weighted by atomic mass is 16.7. The van der Waals surface area contributed by atoms with E-state index in [1.54, 1.807) is 36.4 Å². The van der Waals surface area contributed by atoms with Gasteiger partial charge in [0.1, 0.15) is 5.75 Å². The molecule has 2 aromatic rings. The first kappa shape index (κ1) is 14.3. The summed E-state index contributed by atoms with van der Waals surface area (Å²) in [6.45, 7) is 2.88. The molecule has 1 amide bonds. The van der Waals surface area contributed by atoms with Gasteiger partial charge in [0.25, 0.3) is 5.91 Å². The Kier molecular flexibility index (Phi) is 4.14. The molecule has 1 N–H and O–H groups in total. The Morgan fingerprint density at radius 3 is 2.91 bits per heavy atom. The molecule has 0 spiro atoms. The molecule has 0 bridgehead atoms. The zero-order chi connectivity index (χ0) is 15.4. The summed E-state index contributed by atoms with van der Waals surface area (Å²) in [6.07, 6.45) is 0.924. The van der Waals surface area contributed by atoms with E-state index in [4.69, 9.17) is 14.2 Å². The Balaban J connectivity index is 1.71. The zero-order valence-corrected chi connectivity index (χ0v) is 12.3. The van der Waals surface area contributed by atoms with Crippen LogP contribution in [0.3, 0.4) is 0 Å². The van der Waals surface area contributed by atoms with Crippen molar-refractivity contribution in [2.24, 2.45) is 0 Å². The number of carbonyl (C=O) groups excluding carboxylic acids is 1. The predicted octanol–water partition coefficient (Wildman–Crippen LogP) is 3.46. The Hall–Kier alpha value is -2.69. The summed E-state index contributed by atoms with van der Waals surface area (Å²) in [7, 11) is 0. The van der Waals surface area contributed by atoms with E-state index in [0.29, 0.717) is 35.1 Å². The van der Waals surface area contributed by atoms with Crippen molar-refractivity contribution in [3.8, 4) is 17.2 Å². The van der Waals surface area contributed by atoms with Gasteiger partial charge >= 0.3 is 0 Å². The quantitative estimate of drug-likeness (QED) is 0.918. The minimum Gasteiger partial charge on any atom is -0.494 e. The van der Waals surface area contributed by atoms with Crippen LogP contribution < -0.4 is 19.5 Å². The molecule has 22 heavy (non-hydrogen) atoms. The number of nitrogens with one attached hydrogen (secondary N) is 1. The van der Waals surface area contributed by atoms with E-state index in [9.17, 15) is 4.79 Å². The van der Waals surface area contributed by atoms with Crippen molar-refractivity contribution in [1.82, 2.24) is 0 Å².